The number of benzene rings is 2. The number of halogens is 1. The SMILES string of the molecule is CCCC(NC(=O)c1ccccc1Br)c1ccccc1. The highest BCUT2D eigenvalue weighted by Crippen LogP contribution is 2.21. The molecule has 0 heterocycles. The van der Waals surface area contributed by atoms with Gasteiger partial charge in [-0.1, -0.05) is 55.8 Å². The zero-order valence-corrected chi connectivity index (χ0v) is 13.1. The number of hydrogen-bond acceptors (Lipinski definition) is 1. The molecule has 2 aromatic rings. The third kappa shape index (κ3) is 3.70. The van der Waals surface area contributed by atoms with Crippen molar-refractivity contribution in [3.63, 3.8) is 0 Å². The van der Waals surface area contributed by atoms with E-state index in [2.05, 4.69) is 40.3 Å². The van der Waals surface area contributed by atoms with Gasteiger partial charge in [0, 0.05) is 4.47 Å². The van der Waals surface area contributed by atoms with Crippen LogP contribution in [0.1, 0.15) is 41.7 Å². The predicted octanol–water partition coefficient (Wildman–Crippen LogP) is 4.72. The van der Waals surface area contributed by atoms with E-state index >= 15 is 0 Å². The van der Waals surface area contributed by atoms with Crippen molar-refractivity contribution in [2.45, 2.75) is 25.8 Å². The molecule has 1 amide bonds. The summed E-state index contributed by atoms with van der Waals surface area (Å²) >= 11 is 3.42. The minimum absolute atomic E-state index is 0.0419. The zero-order valence-electron chi connectivity index (χ0n) is 11.5. The standard InChI is InChI=1S/C17H18BrNO/c1-2-8-16(13-9-4-3-5-10-13)19-17(20)14-11-6-7-12-15(14)18/h3-7,9-12,16H,2,8H2,1H3,(H,19,20). The third-order valence-corrected chi connectivity index (χ3v) is 3.89. The maximum Gasteiger partial charge on any atom is 0.252 e. The van der Waals surface area contributed by atoms with Gasteiger partial charge in [-0.25, -0.2) is 0 Å². The zero-order chi connectivity index (χ0) is 14.4. The van der Waals surface area contributed by atoms with Crippen molar-refractivity contribution in [2.75, 3.05) is 0 Å². The second kappa shape index (κ2) is 7.25. The number of carbonyl (C=O) groups is 1. The van der Waals surface area contributed by atoms with Crippen LogP contribution in [-0.4, -0.2) is 5.91 Å². The molecule has 0 saturated carbocycles. The number of nitrogens with one attached hydrogen (secondary N) is 1. The van der Waals surface area contributed by atoms with Crippen LogP contribution in [0, 0.1) is 0 Å². The predicted molar refractivity (Wildman–Crippen MR) is 85.7 cm³/mol. The van der Waals surface area contributed by atoms with Crippen molar-refractivity contribution in [2.24, 2.45) is 0 Å². The van der Waals surface area contributed by atoms with Gasteiger partial charge in [0.2, 0.25) is 0 Å². The summed E-state index contributed by atoms with van der Waals surface area (Å²) in [5.41, 5.74) is 1.82. The Morgan fingerprint density at radius 3 is 2.40 bits per heavy atom. The topological polar surface area (TPSA) is 29.1 Å². The quantitative estimate of drug-likeness (QED) is 0.843. The molecule has 0 radical (unpaired) electrons. The Morgan fingerprint density at radius 1 is 1.10 bits per heavy atom. The summed E-state index contributed by atoms with van der Waals surface area (Å²) in [5, 5.41) is 3.12. The lowest BCUT2D eigenvalue weighted by molar-refractivity contribution is 0.0933. The number of hydrogen-bond donors (Lipinski definition) is 1. The van der Waals surface area contributed by atoms with Crippen molar-refractivity contribution in [3.05, 3.63) is 70.2 Å². The summed E-state index contributed by atoms with van der Waals surface area (Å²) < 4.78 is 0.820. The summed E-state index contributed by atoms with van der Waals surface area (Å²) in [6.45, 7) is 2.13. The summed E-state index contributed by atoms with van der Waals surface area (Å²) in [6, 6.07) is 17.6. The van der Waals surface area contributed by atoms with Crippen LogP contribution >= 0.6 is 15.9 Å². The molecule has 1 atom stereocenters. The van der Waals surface area contributed by atoms with E-state index in [1.54, 1.807) is 0 Å². The minimum Gasteiger partial charge on any atom is -0.345 e. The monoisotopic (exact) mass is 331 g/mol. The van der Waals surface area contributed by atoms with Crippen molar-refractivity contribution >= 4 is 21.8 Å². The Morgan fingerprint density at radius 2 is 1.75 bits per heavy atom. The van der Waals surface area contributed by atoms with Gasteiger partial charge in [-0.05, 0) is 40.0 Å². The van der Waals surface area contributed by atoms with Gasteiger partial charge >= 0.3 is 0 Å². The van der Waals surface area contributed by atoms with Gasteiger partial charge in [-0.3, -0.25) is 4.79 Å². The third-order valence-electron chi connectivity index (χ3n) is 3.20. The molecular formula is C17H18BrNO. The molecule has 0 bridgehead atoms. The largest absolute Gasteiger partial charge is 0.345 e. The fourth-order valence-corrected chi connectivity index (χ4v) is 2.64. The molecule has 0 aromatic heterocycles. The highest BCUT2D eigenvalue weighted by atomic mass is 79.9. The second-order valence-corrected chi connectivity index (χ2v) is 5.56. The average Bonchev–Trinajstić information content (AvgIpc) is 2.48. The summed E-state index contributed by atoms with van der Waals surface area (Å²) in [4.78, 5) is 12.4. The molecule has 2 nitrogen and oxygen atoms in total. The summed E-state index contributed by atoms with van der Waals surface area (Å²) in [7, 11) is 0. The van der Waals surface area contributed by atoms with Crippen LogP contribution in [0.4, 0.5) is 0 Å². The van der Waals surface area contributed by atoms with Crippen LogP contribution in [0.2, 0.25) is 0 Å². The normalized spacial score (nSPS) is 11.9. The molecule has 0 spiro atoms. The molecule has 0 aliphatic rings. The van der Waals surface area contributed by atoms with Crippen LogP contribution in [0.15, 0.2) is 59.1 Å². The van der Waals surface area contributed by atoms with Crippen molar-refractivity contribution in [1.82, 2.24) is 5.32 Å². The van der Waals surface area contributed by atoms with Crippen LogP contribution in [0.5, 0.6) is 0 Å². The molecule has 104 valence electrons. The lowest BCUT2D eigenvalue weighted by Gasteiger charge is -2.19. The second-order valence-electron chi connectivity index (χ2n) is 4.71. The van der Waals surface area contributed by atoms with Crippen LogP contribution in [0.3, 0.4) is 0 Å². The molecule has 0 aliphatic heterocycles. The molecule has 1 unspecified atom stereocenters. The van der Waals surface area contributed by atoms with E-state index in [0.29, 0.717) is 5.56 Å². The van der Waals surface area contributed by atoms with E-state index in [0.717, 1.165) is 22.9 Å². The molecule has 2 rings (SSSR count). The first kappa shape index (κ1) is 14.8. The Hall–Kier alpha value is -1.61. The van der Waals surface area contributed by atoms with E-state index in [-0.39, 0.29) is 11.9 Å². The van der Waals surface area contributed by atoms with E-state index in [4.69, 9.17) is 0 Å². The van der Waals surface area contributed by atoms with Crippen molar-refractivity contribution < 1.29 is 4.79 Å². The molecule has 0 fully saturated rings. The fourth-order valence-electron chi connectivity index (χ4n) is 2.18. The van der Waals surface area contributed by atoms with E-state index < -0.39 is 0 Å². The highest BCUT2D eigenvalue weighted by molar-refractivity contribution is 9.10. The van der Waals surface area contributed by atoms with Gasteiger partial charge in [0.15, 0.2) is 0 Å². The van der Waals surface area contributed by atoms with Gasteiger partial charge in [0.05, 0.1) is 11.6 Å². The lowest BCUT2D eigenvalue weighted by Crippen LogP contribution is -2.28. The summed E-state index contributed by atoms with van der Waals surface area (Å²) in [5.74, 6) is -0.0419. The van der Waals surface area contributed by atoms with Crippen LogP contribution in [0.25, 0.3) is 0 Å². The first-order valence-electron chi connectivity index (χ1n) is 6.82. The van der Waals surface area contributed by atoms with Crippen molar-refractivity contribution in [1.29, 1.82) is 0 Å². The van der Waals surface area contributed by atoms with Crippen LogP contribution in [-0.2, 0) is 0 Å². The minimum atomic E-state index is -0.0419. The molecule has 3 heteroatoms. The first-order chi connectivity index (χ1) is 9.72. The maximum absolute atomic E-state index is 12.4. The first-order valence-corrected chi connectivity index (χ1v) is 7.62. The summed E-state index contributed by atoms with van der Waals surface area (Å²) in [6.07, 6.45) is 1.95. The molecule has 20 heavy (non-hydrogen) atoms. The Bertz CT molecular complexity index is 568. The maximum atomic E-state index is 12.4. The molecule has 2 aromatic carbocycles. The van der Waals surface area contributed by atoms with E-state index in [9.17, 15) is 4.79 Å². The number of rotatable bonds is 5. The lowest BCUT2D eigenvalue weighted by atomic mass is 10.0. The molecule has 0 aliphatic carbocycles. The van der Waals surface area contributed by atoms with Gasteiger partial charge in [-0.15, -0.1) is 0 Å². The van der Waals surface area contributed by atoms with E-state index in [1.165, 1.54) is 0 Å². The smallest absolute Gasteiger partial charge is 0.252 e. The van der Waals surface area contributed by atoms with Gasteiger partial charge in [-0.2, -0.15) is 0 Å². The Kier molecular flexibility index (Phi) is 5.36. The fraction of sp³-hybridized carbons (Fsp3) is 0.235. The van der Waals surface area contributed by atoms with E-state index in [1.807, 2.05) is 42.5 Å². The molecule has 1 N–H and O–H groups in total. The Balaban J connectivity index is 2.17. The van der Waals surface area contributed by atoms with Gasteiger partial charge in [0.25, 0.3) is 5.91 Å². The number of carbonyl (C=O) groups excluding carboxylic acids is 1. The van der Waals surface area contributed by atoms with Crippen molar-refractivity contribution in [3.8, 4) is 0 Å². The highest BCUT2D eigenvalue weighted by Gasteiger charge is 2.16. The molecular weight excluding hydrogens is 314 g/mol. The van der Waals surface area contributed by atoms with Gasteiger partial charge < -0.3 is 5.32 Å². The van der Waals surface area contributed by atoms with Crippen LogP contribution < -0.4 is 5.32 Å². The Labute approximate surface area is 128 Å². The average molecular weight is 332 g/mol. The number of amides is 1. The van der Waals surface area contributed by atoms with Gasteiger partial charge in [0.1, 0.15) is 0 Å². The molecule has 0 saturated heterocycles.